The van der Waals surface area contributed by atoms with Crippen molar-refractivity contribution < 1.29 is 0 Å². The molecule has 0 aromatic carbocycles. The number of hydrogen-bond donors (Lipinski definition) is 1. The normalized spacial score (nSPS) is 12.0. The number of hydrogen-bond acceptors (Lipinski definition) is 4. The molecule has 2 rings (SSSR count). The maximum atomic E-state index is 4.56. The first-order chi connectivity index (χ1) is 8.97. The summed E-state index contributed by atoms with van der Waals surface area (Å²) in [6.45, 7) is 9.08. The smallest absolute Gasteiger partial charge is 0.0722 e. The van der Waals surface area contributed by atoms with Gasteiger partial charge in [0, 0.05) is 43.5 Å². The lowest BCUT2D eigenvalue weighted by atomic mass is 9.89. The maximum absolute atomic E-state index is 4.56. The molecule has 6 heteroatoms. The van der Waals surface area contributed by atoms with Crippen molar-refractivity contribution in [2.24, 2.45) is 7.05 Å². The molecule has 19 heavy (non-hydrogen) atoms. The Hall–Kier alpha value is -1.69. The Kier molecular flexibility index (Phi) is 3.99. The molecule has 0 radical (unpaired) electrons. The Labute approximate surface area is 113 Å². The van der Waals surface area contributed by atoms with Crippen LogP contribution >= 0.6 is 0 Å². The molecule has 0 spiro atoms. The molecule has 0 atom stereocenters. The van der Waals surface area contributed by atoms with Crippen molar-refractivity contribution in [2.75, 3.05) is 6.54 Å². The van der Waals surface area contributed by atoms with Crippen LogP contribution in [0.1, 0.15) is 32.0 Å². The van der Waals surface area contributed by atoms with Gasteiger partial charge in [-0.15, -0.1) is 5.10 Å². The zero-order valence-corrected chi connectivity index (χ0v) is 12.1. The van der Waals surface area contributed by atoms with Crippen LogP contribution in [0.15, 0.2) is 18.6 Å². The molecule has 1 N–H and O–H groups in total. The Morgan fingerprint density at radius 1 is 1.32 bits per heavy atom. The highest BCUT2D eigenvalue weighted by atomic mass is 15.4. The summed E-state index contributed by atoms with van der Waals surface area (Å²) in [4.78, 5) is 0. The lowest BCUT2D eigenvalue weighted by Crippen LogP contribution is -2.22. The second-order valence-electron chi connectivity index (χ2n) is 5.77. The van der Waals surface area contributed by atoms with Crippen LogP contribution in [0.5, 0.6) is 0 Å². The van der Waals surface area contributed by atoms with Gasteiger partial charge in [-0.3, -0.25) is 9.36 Å². The standard InChI is InChI=1S/C13H22N6/c1-13(2,3)12-11(10-18(4)16-12)9-14-5-7-19-8-6-15-17-19/h6,8,10,14H,5,7,9H2,1-4H3. The van der Waals surface area contributed by atoms with E-state index in [2.05, 4.69) is 47.7 Å². The molecule has 0 aliphatic heterocycles. The number of nitrogens with zero attached hydrogens (tertiary/aromatic N) is 5. The van der Waals surface area contributed by atoms with Gasteiger partial charge in [0.15, 0.2) is 0 Å². The van der Waals surface area contributed by atoms with E-state index in [0.717, 1.165) is 25.3 Å². The SMILES string of the molecule is Cn1cc(CNCCn2ccnn2)c(C(C)(C)C)n1. The average molecular weight is 262 g/mol. The van der Waals surface area contributed by atoms with Crippen molar-refractivity contribution in [3.05, 3.63) is 29.8 Å². The van der Waals surface area contributed by atoms with Crippen molar-refractivity contribution in [1.29, 1.82) is 0 Å². The number of aromatic nitrogens is 5. The number of rotatable bonds is 5. The molecule has 0 fully saturated rings. The fourth-order valence-corrected chi connectivity index (χ4v) is 2.07. The minimum Gasteiger partial charge on any atom is -0.311 e. The van der Waals surface area contributed by atoms with Crippen molar-refractivity contribution in [2.45, 2.75) is 39.3 Å². The third-order valence-electron chi connectivity index (χ3n) is 2.92. The highest BCUT2D eigenvalue weighted by molar-refractivity contribution is 5.23. The summed E-state index contributed by atoms with van der Waals surface area (Å²) in [7, 11) is 1.97. The summed E-state index contributed by atoms with van der Waals surface area (Å²) < 4.78 is 3.70. The maximum Gasteiger partial charge on any atom is 0.0722 e. The van der Waals surface area contributed by atoms with Gasteiger partial charge >= 0.3 is 0 Å². The highest BCUT2D eigenvalue weighted by Crippen LogP contribution is 2.23. The minimum absolute atomic E-state index is 0.0736. The predicted molar refractivity (Wildman–Crippen MR) is 73.6 cm³/mol. The first kappa shape index (κ1) is 13.7. The van der Waals surface area contributed by atoms with Gasteiger partial charge in [0.05, 0.1) is 18.4 Å². The van der Waals surface area contributed by atoms with Gasteiger partial charge in [-0.2, -0.15) is 5.10 Å². The summed E-state index contributed by atoms with van der Waals surface area (Å²) in [5.41, 5.74) is 2.49. The molecule has 0 aliphatic carbocycles. The molecule has 2 aromatic heterocycles. The van der Waals surface area contributed by atoms with Gasteiger partial charge in [0.2, 0.25) is 0 Å². The molecule has 2 aromatic rings. The van der Waals surface area contributed by atoms with E-state index in [1.54, 1.807) is 6.20 Å². The summed E-state index contributed by atoms with van der Waals surface area (Å²) in [6, 6.07) is 0. The van der Waals surface area contributed by atoms with Crippen LogP contribution in [0.2, 0.25) is 0 Å². The molecule has 0 saturated heterocycles. The van der Waals surface area contributed by atoms with E-state index in [4.69, 9.17) is 0 Å². The molecule has 2 heterocycles. The Morgan fingerprint density at radius 2 is 2.11 bits per heavy atom. The van der Waals surface area contributed by atoms with Crippen LogP contribution in [0.25, 0.3) is 0 Å². The Bertz CT molecular complexity index is 506. The fourth-order valence-electron chi connectivity index (χ4n) is 2.07. The molecule has 104 valence electrons. The molecule has 0 amide bonds. The van der Waals surface area contributed by atoms with Crippen LogP contribution < -0.4 is 5.32 Å². The first-order valence-electron chi connectivity index (χ1n) is 6.54. The molecule has 0 bridgehead atoms. The summed E-state index contributed by atoms with van der Waals surface area (Å²) >= 11 is 0. The van der Waals surface area contributed by atoms with Crippen molar-refractivity contribution in [3.63, 3.8) is 0 Å². The van der Waals surface area contributed by atoms with Crippen molar-refractivity contribution >= 4 is 0 Å². The van der Waals surface area contributed by atoms with Crippen molar-refractivity contribution in [1.82, 2.24) is 30.1 Å². The molecule has 6 nitrogen and oxygen atoms in total. The quantitative estimate of drug-likeness (QED) is 0.820. The van der Waals surface area contributed by atoms with Crippen LogP contribution in [-0.4, -0.2) is 31.3 Å². The fraction of sp³-hybridized carbons (Fsp3) is 0.615. The lowest BCUT2D eigenvalue weighted by Gasteiger charge is -2.17. The van der Waals surface area contributed by atoms with E-state index >= 15 is 0 Å². The van der Waals surface area contributed by atoms with E-state index in [-0.39, 0.29) is 5.41 Å². The van der Waals surface area contributed by atoms with Gasteiger partial charge < -0.3 is 5.32 Å². The zero-order valence-electron chi connectivity index (χ0n) is 12.1. The number of nitrogens with one attached hydrogen (secondary N) is 1. The summed E-state index contributed by atoms with van der Waals surface area (Å²) in [5, 5.41) is 15.7. The summed E-state index contributed by atoms with van der Waals surface area (Å²) in [6.07, 6.45) is 5.65. The van der Waals surface area contributed by atoms with Crippen LogP contribution in [-0.2, 0) is 25.6 Å². The Balaban J connectivity index is 1.89. The monoisotopic (exact) mass is 262 g/mol. The van der Waals surface area contributed by atoms with E-state index in [0.29, 0.717) is 0 Å². The van der Waals surface area contributed by atoms with E-state index in [1.807, 2.05) is 22.6 Å². The Morgan fingerprint density at radius 3 is 2.74 bits per heavy atom. The van der Waals surface area contributed by atoms with Gasteiger partial charge in [-0.25, -0.2) is 0 Å². The van der Waals surface area contributed by atoms with E-state index < -0.39 is 0 Å². The minimum atomic E-state index is 0.0736. The number of aryl methyl sites for hydroxylation is 1. The third-order valence-corrected chi connectivity index (χ3v) is 2.92. The van der Waals surface area contributed by atoms with Gasteiger partial charge in [-0.05, 0) is 0 Å². The van der Waals surface area contributed by atoms with Gasteiger partial charge in [0.25, 0.3) is 0 Å². The van der Waals surface area contributed by atoms with Gasteiger partial charge in [0.1, 0.15) is 0 Å². The van der Waals surface area contributed by atoms with Crippen LogP contribution in [0.4, 0.5) is 0 Å². The third kappa shape index (κ3) is 3.64. The first-order valence-corrected chi connectivity index (χ1v) is 6.54. The molecule has 0 saturated carbocycles. The molecular formula is C13H22N6. The second-order valence-corrected chi connectivity index (χ2v) is 5.77. The van der Waals surface area contributed by atoms with Crippen LogP contribution in [0.3, 0.4) is 0 Å². The zero-order chi connectivity index (χ0) is 13.9. The van der Waals surface area contributed by atoms with Gasteiger partial charge in [-0.1, -0.05) is 26.0 Å². The highest BCUT2D eigenvalue weighted by Gasteiger charge is 2.21. The predicted octanol–water partition coefficient (Wildman–Crippen LogP) is 1.10. The molecular weight excluding hydrogens is 240 g/mol. The molecule has 0 unspecified atom stereocenters. The molecule has 0 aliphatic rings. The average Bonchev–Trinajstić information content (AvgIpc) is 2.93. The largest absolute Gasteiger partial charge is 0.311 e. The van der Waals surface area contributed by atoms with E-state index in [9.17, 15) is 0 Å². The second kappa shape index (κ2) is 5.52. The summed E-state index contributed by atoms with van der Waals surface area (Å²) in [5.74, 6) is 0. The van der Waals surface area contributed by atoms with E-state index in [1.165, 1.54) is 5.56 Å². The topological polar surface area (TPSA) is 60.6 Å². The van der Waals surface area contributed by atoms with Crippen molar-refractivity contribution in [3.8, 4) is 0 Å². The van der Waals surface area contributed by atoms with Crippen LogP contribution in [0, 0.1) is 0 Å². The lowest BCUT2D eigenvalue weighted by molar-refractivity contribution is 0.525.